The van der Waals surface area contributed by atoms with E-state index in [-0.39, 0.29) is 5.91 Å². The van der Waals surface area contributed by atoms with Crippen LogP contribution in [0.25, 0.3) is 44.5 Å². The van der Waals surface area contributed by atoms with Crippen molar-refractivity contribution in [2.75, 3.05) is 64.1 Å². The van der Waals surface area contributed by atoms with Crippen molar-refractivity contribution in [3.05, 3.63) is 55.0 Å². The number of hydrogen-bond donors (Lipinski definition) is 3. The molecule has 10 heteroatoms. The largest absolute Gasteiger partial charge is 0.368 e. The van der Waals surface area contributed by atoms with E-state index in [9.17, 15) is 4.79 Å². The maximum Gasteiger partial charge on any atom is 0.238 e. The molecule has 0 atom stereocenters. The van der Waals surface area contributed by atoms with Gasteiger partial charge >= 0.3 is 0 Å². The number of piperazine rings is 1. The van der Waals surface area contributed by atoms with Gasteiger partial charge in [-0.2, -0.15) is 5.10 Å². The number of nitrogens with one attached hydrogen (secondary N) is 3. The highest BCUT2D eigenvalue weighted by Crippen LogP contribution is 2.34. The van der Waals surface area contributed by atoms with Crippen LogP contribution in [0.15, 0.2) is 55.0 Å². The molecule has 1 fully saturated rings. The topological polar surface area (TPSA) is 109 Å². The second kappa shape index (κ2) is 9.88. The van der Waals surface area contributed by atoms with Crippen LogP contribution >= 0.6 is 0 Å². The Kier molecular flexibility index (Phi) is 6.26. The predicted octanol–water partition coefficient (Wildman–Crippen LogP) is 3.42. The Balaban J connectivity index is 1.34. The van der Waals surface area contributed by atoms with Crippen molar-refractivity contribution in [3.63, 3.8) is 0 Å². The molecule has 0 spiro atoms. The van der Waals surface area contributed by atoms with Crippen LogP contribution in [0.2, 0.25) is 0 Å². The SMILES string of the molecule is CN(C)CC(=O)Nc1cncc(-c2cnc3n[nH]c(-c4cc5c(N6CCN(C)CC6)cccc5[nH]4)c3c2)c1. The number of aromatic nitrogens is 5. The number of anilines is 2. The summed E-state index contributed by atoms with van der Waals surface area (Å²) in [5.41, 5.74) is 7.24. The molecule has 1 amide bonds. The van der Waals surface area contributed by atoms with Crippen molar-refractivity contribution in [1.29, 1.82) is 0 Å². The summed E-state index contributed by atoms with van der Waals surface area (Å²) in [4.78, 5) is 31.4. The third kappa shape index (κ3) is 4.71. The molecule has 5 heterocycles. The van der Waals surface area contributed by atoms with Crippen LogP contribution in [0.5, 0.6) is 0 Å². The van der Waals surface area contributed by atoms with Crippen molar-refractivity contribution in [3.8, 4) is 22.5 Å². The van der Waals surface area contributed by atoms with E-state index in [2.05, 4.69) is 77.6 Å². The Morgan fingerprint density at radius 2 is 1.84 bits per heavy atom. The van der Waals surface area contributed by atoms with Gasteiger partial charge in [0.25, 0.3) is 0 Å². The molecule has 0 unspecified atom stereocenters. The molecule has 1 aromatic carbocycles. The predicted molar refractivity (Wildman–Crippen MR) is 151 cm³/mol. The fourth-order valence-electron chi connectivity index (χ4n) is 5.01. The zero-order chi connectivity index (χ0) is 26.2. The first-order chi connectivity index (χ1) is 18.4. The van der Waals surface area contributed by atoms with Gasteiger partial charge in [0.2, 0.25) is 5.91 Å². The van der Waals surface area contributed by atoms with Gasteiger partial charge in [0, 0.05) is 71.7 Å². The third-order valence-corrected chi connectivity index (χ3v) is 6.98. The molecule has 6 rings (SSSR count). The number of H-pyrrole nitrogens is 2. The molecule has 0 bridgehead atoms. The number of carbonyl (C=O) groups excluding carboxylic acids is 1. The molecule has 38 heavy (non-hydrogen) atoms. The van der Waals surface area contributed by atoms with Crippen molar-refractivity contribution in [1.82, 2.24) is 34.9 Å². The van der Waals surface area contributed by atoms with Crippen LogP contribution in [-0.2, 0) is 4.79 Å². The van der Waals surface area contributed by atoms with E-state index in [4.69, 9.17) is 0 Å². The Hall–Kier alpha value is -4.28. The van der Waals surface area contributed by atoms with Crippen molar-refractivity contribution in [2.24, 2.45) is 0 Å². The normalized spacial score (nSPS) is 14.6. The number of amides is 1. The Morgan fingerprint density at radius 3 is 2.66 bits per heavy atom. The van der Waals surface area contributed by atoms with E-state index in [1.807, 2.05) is 25.1 Å². The van der Waals surface area contributed by atoms with Crippen LogP contribution < -0.4 is 10.2 Å². The van der Waals surface area contributed by atoms with Crippen LogP contribution in [0.3, 0.4) is 0 Å². The van der Waals surface area contributed by atoms with Gasteiger partial charge in [-0.15, -0.1) is 0 Å². The number of benzene rings is 1. The fourth-order valence-corrected chi connectivity index (χ4v) is 5.01. The molecule has 0 aliphatic carbocycles. The summed E-state index contributed by atoms with van der Waals surface area (Å²) in [5.74, 6) is -0.0885. The monoisotopic (exact) mass is 509 g/mol. The van der Waals surface area contributed by atoms with Gasteiger partial charge in [-0.25, -0.2) is 4.98 Å². The molecular weight excluding hydrogens is 478 g/mol. The summed E-state index contributed by atoms with van der Waals surface area (Å²) < 4.78 is 0. The average molecular weight is 510 g/mol. The Morgan fingerprint density at radius 1 is 1.03 bits per heavy atom. The van der Waals surface area contributed by atoms with Gasteiger partial charge < -0.3 is 25.0 Å². The third-order valence-electron chi connectivity index (χ3n) is 6.98. The second-order valence-corrected chi connectivity index (χ2v) is 10.2. The first kappa shape index (κ1) is 24.1. The summed E-state index contributed by atoms with van der Waals surface area (Å²) >= 11 is 0. The summed E-state index contributed by atoms with van der Waals surface area (Å²) in [6.45, 7) is 4.45. The first-order valence-corrected chi connectivity index (χ1v) is 12.7. The standard InChI is InChI=1S/C28H31N9O/c1-35(2)17-26(38)31-20-11-18(14-29-16-20)19-12-22-27(33-34-28(22)30-15-19)24-13-21-23(32-24)5-4-6-25(21)37-9-7-36(3)8-10-37/h4-6,11-16,32H,7-10,17H2,1-3H3,(H,31,38)(H,30,33,34). The van der Waals surface area contributed by atoms with Crippen LogP contribution in [-0.4, -0.2) is 94.7 Å². The molecule has 1 aliphatic heterocycles. The number of carbonyl (C=O) groups is 1. The summed E-state index contributed by atoms with van der Waals surface area (Å²) in [5, 5.41) is 12.7. The average Bonchev–Trinajstić information content (AvgIpc) is 3.52. The number of hydrogen-bond acceptors (Lipinski definition) is 7. The van der Waals surface area contributed by atoms with E-state index in [1.165, 1.54) is 11.1 Å². The van der Waals surface area contributed by atoms with E-state index >= 15 is 0 Å². The summed E-state index contributed by atoms with van der Waals surface area (Å²) in [6.07, 6.45) is 5.20. The zero-order valence-corrected chi connectivity index (χ0v) is 21.8. The minimum Gasteiger partial charge on any atom is -0.368 e. The number of pyridine rings is 2. The van der Waals surface area contributed by atoms with E-state index in [0.717, 1.165) is 59.6 Å². The molecule has 194 valence electrons. The molecule has 4 aromatic heterocycles. The lowest BCUT2D eigenvalue weighted by molar-refractivity contribution is -0.116. The Labute approximate surface area is 220 Å². The highest BCUT2D eigenvalue weighted by Gasteiger charge is 2.19. The minimum absolute atomic E-state index is 0.0885. The molecular formula is C28H31N9O. The lowest BCUT2D eigenvalue weighted by atomic mass is 10.1. The van der Waals surface area contributed by atoms with E-state index < -0.39 is 0 Å². The maximum absolute atomic E-state index is 12.2. The molecule has 5 aromatic rings. The van der Waals surface area contributed by atoms with Crippen molar-refractivity contribution in [2.45, 2.75) is 0 Å². The quantitative estimate of drug-likeness (QED) is 0.322. The highest BCUT2D eigenvalue weighted by molar-refractivity contribution is 6.00. The molecule has 1 aliphatic rings. The minimum atomic E-state index is -0.0885. The van der Waals surface area contributed by atoms with Gasteiger partial charge in [0.15, 0.2) is 5.65 Å². The molecule has 10 nitrogen and oxygen atoms in total. The van der Waals surface area contributed by atoms with Gasteiger partial charge in [-0.05, 0) is 51.5 Å². The van der Waals surface area contributed by atoms with Crippen LogP contribution in [0, 0.1) is 0 Å². The van der Waals surface area contributed by atoms with E-state index in [0.29, 0.717) is 17.9 Å². The molecule has 0 saturated carbocycles. The first-order valence-electron chi connectivity index (χ1n) is 12.7. The van der Waals surface area contributed by atoms with E-state index in [1.54, 1.807) is 18.6 Å². The number of likely N-dealkylation sites (N-methyl/N-ethyl adjacent to an activating group) is 2. The van der Waals surface area contributed by atoms with Gasteiger partial charge in [0.05, 0.1) is 29.8 Å². The number of fused-ring (bicyclic) bond motifs is 2. The van der Waals surface area contributed by atoms with Crippen LogP contribution in [0.1, 0.15) is 0 Å². The summed E-state index contributed by atoms with van der Waals surface area (Å²) in [7, 11) is 5.89. The summed E-state index contributed by atoms with van der Waals surface area (Å²) in [6, 6.07) is 12.6. The maximum atomic E-state index is 12.2. The lowest BCUT2D eigenvalue weighted by Crippen LogP contribution is -2.44. The van der Waals surface area contributed by atoms with Gasteiger partial charge in [-0.3, -0.25) is 14.9 Å². The number of aromatic amines is 2. The number of rotatable bonds is 6. The lowest BCUT2D eigenvalue weighted by Gasteiger charge is -2.34. The smallest absolute Gasteiger partial charge is 0.238 e. The fraction of sp³-hybridized carbons (Fsp3) is 0.286. The zero-order valence-electron chi connectivity index (χ0n) is 21.8. The van der Waals surface area contributed by atoms with Crippen LogP contribution in [0.4, 0.5) is 11.4 Å². The highest BCUT2D eigenvalue weighted by atomic mass is 16.2. The molecule has 3 N–H and O–H groups in total. The van der Waals surface area contributed by atoms with Crippen molar-refractivity contribution < 1.29 is 4.79 Å². The number of nitrogens with zero attached hydrogens (tertiary/aromatic N) is 6. The molecule has 1 saturated heterocycles. The van der Waals surface area contributed by atoms with Crippen molar-refractivity contribution >= 4 is 39.2 Å². The van der Waals surface area contributed by atoms with Gasteiger partial charge in [-0.1, -0.05) is 6.07 Å². The van der Waals surface area contributed by atoms with Gasteiger partial charge in [0.1, 0.15) is 0 Å². The molecule has 0 radical (unpaired) electrons. The second-order valence-electron chi connectivity index (χ2n) is 10.2. The Bertz CT molecular complexity index is 1610.